The van der Waals surface area contributed by atoms with Crippen molar-refractivity contribution < 1.29 is 9.53 Å². The molecular formula is C11H10BrN3O4. The van der Waals surface area contributed by atoms with Gasteiger partial charge in [0.1, 0.15) is 5.65 Å². The molecule has 2 rings (SSSR count). The van der Waals surface area contributed by atoms with E-state index in [9.17, 15) is 14.4 Å². The topological polar surface area (TPSA) is 83.2 Å². The summed E-state index contributed by atoms with van der Waals surface area (Å²) in [5, 5.41) is 0.160. The van der Waals surface area contributed by atoms with Crippen molar-refractivity contribution in [2.45, 2.75) is 0 Å². The first-order valence-corrected chi connectivity index (χ1v) is 6.02. The van der Waals surface area contributed by atoms with Gasteiger partial charge in [-0.25, -0.2) is 14.6 Å². The third kappa shape index (κ3) is 1.88. The molecule has 0 aliphatic rings. The van der Waals surface area contributed by atoms with Gasteiger partial charge in [0, 0.05) is 20.3 Å². The van der Waals surface area contributed by atoms with Gasteiger partial charge in [0.15, 0.2) is 0 Å². The Labute approximate surface area is 115 Å². The van der Waals surface area contributed by atoms with Crippen LogP contribution < -0.4 is 11.2 Å². The first kappa shape index (κ1) is 13.5. The number of esters is 1. The predicted octanol–water partition coefficient (Wildman–Crippen LogP) is 0.181. The van der Waals surface area contributed by atoms with Crippen LogP contribution in [-0.4, -0.2) is 27.2 Å². The van der Waals surface area contributed by atoms with Crippen molar-refractivity contribution in [3.8, 4) is 0 Å². The smallest absolute Gasteiger partial charge is 0.340 e. The van der Waals surface area contributed by atoms with E-state index >= 15 is 0 Å². The van der Waals surface area contributed by atoms with E-state index in [4.69, 9.17) is 0 Å². The molecule has 2 heterocycles. The minimum atomic E-state index is -0.614. The lowest BCUT2D eigenvalue weighted by molar-refractivity contribution is 0.0599. The molecule has 0 amide bonds. The Hall–Kier alpha value is -1.96. The highest BCUT2D eigenvalue weighted by Gasteiger charge is 2.19. The zero-order valence-corrected chi connectivity index (χ0v) is 12.0. The van der Waals surface area contributed by atoms with E-state index in [2.05, 4.69) is 25.7 Å². The molecular weight excluding hydrogens is 318 g/mol. The molecule has 0 aliphatic carbocycles. The number of hydrogen-bond acceptors (Lipinski definition) is 5. The number of aryl methyl sites for hydroxylation is 1. The van der Waals surface area contributed by atoms with Crippen molar-refractivity contribution in [1.82, 2.24) is 14.1 Å². The van der Waals surface area contributed by atoms with Crippen LogP contribution in [0.1, 0.15) is 10.4 Å². The normalized spacial score (nSPS) is 10.7. The molecule has 19 heavy (non-hydrogen) atoms. The lowest BCUT2D eigenvalue weighted by Gasteiger charge is -2.09. The Morgan fingerprint density at radius 3 is 2.53 bits per heavy atom. The Balaban J connectivity index is 3.03. The largest absolute Gasteiger partial charge is 0.465 e. The van der Waals surface area contributed by atoms with E-state index in [0.717, 1.165) is 4.57 Å². The Morgan fingerprint density at radius 1 is 1.32 bits per heavy atom. The summed E-state index contributed by atoms with van der Waals surface area (Å²) in [6, 6.07) is 0. The number of hydrogen-bond donors (Lipinski definition) is 0. The van der Waals surface area contributed by atoms with Crippen LogP contribution in [0.4, 0.5) is 0 Å². The van der Waals surface area contributed by atoms with Gasteiger partial charge >= 0.3 is 11.7 Å². The summed E-state index contributed by atoms with van der Waals surface area (Å²) >= 11 is 3.20. The summed E-state index contributed by atoms with van der Waals surface area (Å²) in [7, 11) is 4.10. The second-order valence-corrected chi connectivity index (χ2v) is 4.67. The molecule has 0 radical (unpaired) electrons. The van der Waals surface area contributed by atoms with Gasteiger partial charge in [-0.05, 0) is 15.9 Å². The second kappa shape index (κ2) is 4.61. The summed E-state index contributed by atoms with van der Waals surface area (Å²) in [5.74, 6) is -0.614. The molecule has 0 spiro atoms. The number of nitrogens with zero attached hydrogens (tertiary/aromatic N) is 3. The maximum atomic E-state index is 12.1. The molecule has 2 aromatic heterocycles. The maximum Gasteiger partial charge on any atom is 0.340 e. The number of fused-ring (bicyclic) bond motifs is 1. The van der Waals surface area contributed by atoms with Crippen LogP contribution >= 0.6 is 15.9 Å². The average Bonchev–Trinajstić information content (AvgIpc) is 2.41. The summed E-state index contributed by atoms with van der Waals surface area (Å²) in [5.41, 5.74) is -0.677. The maximum absolute atomic E-state index is 12.1. The van der Waals surface area contributed by atoms with Gasteiger partial charge < -0.3 is 4.74 Å². The molecule has 2 aromatic rings. The number of carbonyl (C=O) groups is 1. The van der Waals surface area contributed by atoms with E-state index in [1.54, 1.807) is 0 Å². The van der Waals surface area contributed by atoms with Crippen molar-refractivity contribution in [2.75, 3.05) is 7.11 Å². The van der Waals surface area contributed by atoms with Crippen molar-refractivity contribution in [3.05, 3.63) is 37.1 Å². The lowest BCUT2D eigenvalue weighted by atomic mass is 10.2. The second-order valence-electron chi connectivity index (χ2n) is 3.88. The first-order chi connectivity index (χ1) is 8.90. The van der Waals surface area contributed by atoms with Gasteiger partial charge in [0.05, 0.1) is 22.5 Å². The first-order valence-electron chi connectivity index (χ1n) is 5.22. The van der Waals surface area contributed by atoms with E-state index in [-0.39, 0.29) is 21.1 Å². The fourth-order valence-electron chi connectivity index (χ4n) is 1.75. The van der Waals surface area contributed by atoms with Crippen molar-refractivity contribution in [3.63, 3.8) is 0 Å². The minimum Gasteiger partial charge on any atom is -0.465 e. The molecule has 0 fully saturated rings. The van der Waals surface area contributed by atoms with Crippen LogP contribution in [0.25, 0.3) is 11.0 Å². The number of rotatable bonds is 1. The van der Waals surface area contributed by atoms with Crippen LogP contribution in [0, 0.1) is 0 Å². The Bertz CT molecular complexity index is 806. The predicted molar refractivity (Wildman–Crippen MR) is 71.3 cm³/mol. The van der Waals surface area contributed by atoms with E-state index < -0.39 is 17.2 Å². The zero-order chi connectivity index (χ0) is 14.3. The van der Waals surface area contributed by atoms with Gasteiger partial charge in [-0.1, -0.05) is 0 Å². The standard InChI is InChI=1S/C11H10BrN3O4/c1-14-8-6(9(16)15(2)11(14)18)7(12)5(4-13-8)10(17)19-3/h4H,1-3H3. The van der Waals surface area contributed by atoms with Crippen LogP contribution in [0.3, 0.4) is 0 Å². The molecule has 0 saturated carbocycles. The fourth-order valence-corrected chi connectivity index (χ4v) is 2.36. The molecule has 0 aliphatic heterocycles. The van der Waals surface area contributed by atoms with Crippen molar-refractivity contribution in [2.24, 2.45) is 14.1 Å². The number of halogens is 1. The minimum absolute atomic E-state index is 0.130. The summed E-state index contributed by atoms with van der Waals surface area (Å²) in [6.45, 7) is 0. The van der Waals surface area contributed by atoms with Gasteiger partial charge in [0.25, 0.3) is 5.56 Å². The molecule has 100 valence electrons. The summed E-state index contributed by atoms with van der Waals surface area (Å²) < 4.78 is 7.06. The molecule has 8 heteroatoms. The molecule has 7 nitrogen and oxygen atoms in total. The van der Waals surface area contributed by atoms with Crippen LogP contribution in [0.2, 0.25) is 0 Å². The highest BCUT2D eigenvalue weighted by atomic mass is 79.9. The zero-order valence-electron chi connectivity index (χ0n) is 10.4. The third-order valence-corrected chi connectivity index (χ3v) is 3.63. The SMILES string of the molecule is COC(=O)c1cnc2c(c1Br)c(=O)n(C)c(=O)n2C. The number of carbonyl (C=O) groups excluding carboxylic acids is 1. The molecule has 0 aromatic carbocycles. The molecule has 0 unspecified atom stereocenters. The van der Waals surface area contributed by atoms with E-state index in [1.807, 2.05) is 0 Å². The van der Waals surface area contributed by atoms with Crippen LogP contribution in [0.15, 0.2) is 20.3 Å². The quantitative estimate of drug-likeness (QED) is 0.698. The highest BCUT2D eigenvalue weighted by Crippen LogP contribution is 2.23. The molecule has 0 saturated heterocycles. The molecule has 0 atom stereocenters. The monoisotopic (exact) mass is 327 g/mol. The number of pyridine rings is 1. The number of ether oxygens (including phenoxy) is 1. The molecule has 0 N–H and O–H groups in total. The van der Waals surface area contributed by atoms with E-state index in [1.165, 1.54) is 32.0 Å². The highest BCUT2D eigenvalue weighted by molar-refractivity contribution is 9.10. The average molecular weight is 328 g/mol. The van der Waals surface area contributed by atoms with Crippen LogP contribution in [-0.2, 0) is 18.8 Å². The van der Waals surface area contributed by atoms with Crippen molar-refractivity contribution >= 4 is 32.9 Å². The Kier molecular flexibility index (Phi) is 3.27. The summed E-state index contributed by atoms with van der Waals surface area (Å²) in [4.78, 5) is 39.4. The van der Waals surface area contributed by atoms with Gasteiger partial charge in [0.2, 0.25) is 0 Å². The van der Waals surface area contributed by atoms with E-state index in [0.29, 0.717) is 0 Å². The lowest BCUT2D eigenvalue weighted by Crippen LogP contribution is -2.37. The number of aromatic nitrogens is 3. The van der Waals surface area contributed by atoms with Crippen LogP contribution in [0.5, 0.6) is 0 Å². The fraction of sp³-hybridized carbons (Fsp3) is 0.273. The van der Waals surface area contributed by atoms with Gasteiger partial charge in [-0.15, -0.1) is 0 Å². The number of methoxy groups -OCH3 is 1. The summed E-state index contributed by atoms with van der Waals surface area (Å²) in [6.07, 6.45) is 1.26. The molecule has 0 bridgehead atoms. The van der Waals surface area contributed by atoms with Gasteiger partial charge in [-0.3, -0.25) is 13.9 Å². The third-order valence-electron chi connectivity index (χ3n) is 2.81. The van der Waals surface area contributed by atoms with Crippen molar-refractivity contribution in [1.29, 1.82) is 0 Å². The van der Waals surface area contributed by atoms with Gasteiger partial charge in [-0.2, -0.15) is 0 Å². The Morgan fingerprint density at radius 2 is 1.95 bits per heavy atom.